The third kappa shape index (κ3) is 5.23. The Kier molecular flexibility index (Phi) is 5.74. The molecule has 126 valence electrons. The van der Waals surface area contributed by atoms with Gasteiger partial charge in [-0.15, -0.1) is 0 Å². The number of aromatic nitrogens is 1. The van der Waals surface area contributed by atoms with Gasteiger partial charge in [-0.25, -0.2) is 4.99 Å². The lowest BCUT2D eigenvalue weighted by molar-refractivity contribution is 0.589. The van der Waals surface area contributed by atoms with Crippen LogP contribution in [0.1, 0.15) is 49.9 Å². The highest BCUT2D eigenvalue weighted by Crippen LogP contribution is 2.27. The van der Waals surface area contributed by atoms with E-state index >= 15 is 0 Å². The number of nitrogens with zero attached hydrogens (tertiary/aromatic N) is 2. The van der Waals surface area contributed by atoms with Crippen molar-refractivity contribution in [1.29, 1.82) is 0 Å². The molecule has 4 nitrogen and oxygen atoms in total. The van der Waals surface area contributed by atoms with Gasteiger partial charge in [0.1, 0.15) is 0 Å². The van der Waals surface area contributed by atoms with Crippen LogP contribution in [0.3, 0.4) is 0 Å². The Morgan fingerprint density at radius 1 is 1.08 bits per heavy atom. The van der Waals surface area contributed by atoms with Gasteiger partial charge in [0.05, 0.1) is 6.04 Å². The van der Waals surface area contributed by atoms with Crippen LogP contribution in [-0.4, -0.2) is 10.9 Å². The van der Waals surface area contributed by atoms with E-state index in [1.54, 1.807) is 12.4 Å². The van der Waals surface area contributed by atoms with E-state index in [0.717, 1.165) is 17.5 Å². The van der Waals surface area contributed by atoms with Gasteiger partial charge in [-0.2, -0.15) is 0 Å². The summed E-state index contributed by atoms with van der Waals surface area (Å²) in [5.41, 5.74) is 14.9. The molecule has 4 N–H and O–H groups in total. The summed E-state index contributed by atoms with van der Waals surface area (Å²) < 4.78 is 0. The number of aliphatic imine (C=N–C) groups is 1. The normalized spacial score (nSPS) is 13.0. The van der Waals surface area contributed by atoms with Crippen molar-refractivity contribution in [2.75, 3.05) is 0 Å². The summed E-state index contributed by atoms with van der Waals surface area (Å²) in [5.74, 6) is 0.109. The van der Waals surface area contributed by atoms with E-state index in [9.17, 15) is 0 Å². The first-order chi connectivity index (χ1) is 11.4. The summed E-state index contributed by atoms with van der Waals surface area (Å²) in [6.45, 7) is 6.60. The summed E-state index contributed by atoms with van der Waals surface area (Å²) in [6, 6.07) is 12.4. The van der Waals surface area contributed by atoms with Gasteiger partial charge in [0.25, 0.3) is 0 Å². The molecule has 1 heterocycles. The molecule has 0 aliphatic carbocycles. The molecule has 1 aromatic heterocycles. The molecule has 0 aliphatic rings. The fourth-order valence-corrected chi connectivity index (χ4v) is 2.46. The van der Waals surface area contributed by atoms with Crippen molar-refractivity contribution in [3.8, 4) is 0 Å². The van der Waals surface area contributed by atoms with Crippen LogP contribution in [0.4, 0.5) is 0 Å². The van der Waals surface area contributed by atoms with E-state index < -0.39 is 0 Å². The summed E-state index contributed by atoms with van der Waals surface area (Å²) in [4.78, 5) is 8.39. The van der Waals surface area contributed by atoms with Crippen LogP contribution >= 0.6 is 0 Å². The Balaban J connectivity index is 2.16. The molecule has 0 fully saturated rings. The summed E-state index contributed by atoms with van der Waals surface area (Å²) >= 11 is 0. The topological polar surface area (TPSA) is 77.3 Å². The van der Waals surface area contributed by atoms with Gasteiger partial charge in [0, 0.05) is 12.4 Å². The average Bonchev–Trinajstić information content (AvgIpc) is 2.54. The van der Waals surface area contributed by atoms with Crippen molar-refractivity contribution in [3.05, 3.63) is 71.6 Å². The Morgan fingerprint density at radius 3 is 2.25 bits per heavy atom. The first kappa shape index (κ1) is 17.7. The summed E-state index contributed by atoms with van der Waals surface area (Å²) in [6.07, 6.45) is 8.43. The number of benzene rings is 1. The maximum absolute atomic E-state index is 5.61. The molecule has 2 rings (SSSR count). The molecular formula is C20H26N4. The van der Waals surface area contributed by atoms with Crippen molar-refractivity contribution >= 4 is 12.0 Å². The molecular weight excluding hydrogens is 296 g/mol. The number of hydrogen-bond acceptors (Lipinski definition) is 2. The van der Waals surface area contributed by atoms with Crippen molar-refractivity contribution in [3.63, 3.8) is 0 Å². The van der Waals surface area contributed by atoms with Crippen LogP contribution in [0.15, 0.2) is 59.9 Å². The molecule has 0 saturated carbocycles. The van der Waals surface area contributed by atoms with E-state index in [1.165, 1.54) is 5.56 Å². The quantitative estimate of drug-likeness (QED) is 0.649. The lowest BCUT2D eigenvalue weighted by Gasteiger charge is -2.20. The Hall–Kier alpha value is -2.62. The molecule has 1 aromatic carbocycles. The predicted molar refractivity (Wildman–Crippen MR) is 102 cm³/mol. The van der Waals surface area contributed by atoms with Gasteiger partial charge in [-0.05, 0) is 40.7 Å². The highest BCUT2D eigenvalue weighted by atomic mass is 15.0. The second-order valence-electron chi connectivity index (χ2n) is 6.86. The Morgan fingerprint density at radius 2 is 1.71 bits per heavy atom. The maximum Gasteiger partial charge on any atom is 0.186 e. The van der Waals surface area contributed by atoms with Gasteiger partial charge in [-0.3, -0.25) is 4.98 Å². The second kappa shape index (κ2) is 7.77. The van der Waals surface area contributed by atoms with Crippen LogP contribution in [0, 0.1) is 0 Å². The molecule has 1 atom stereocenters. The largest absolute Gasteiger partial charge is 0.370 e. The van der Waals surface area contributed by atoms with Gasteiger partial charge in [0.15, 0.2) is 5.96 Å². The minimum Gasteiger partial charge on any atom is -0.370 e. The van der Waals surface area contributed by atoms with Crippen LogP contribution in [-0.2, 0) is 5.41 Å². The first-order valence-electron chi connectivity index (χ1n) is 8.12. The van der Waals surface area contributed by atoms with E-state index in [2.05, 4.69) is 67.2 Å². The molecule has 0 spiro atoms. The Bertz CT molecular complexity index is 691. The molecule has 0 bridgehead atoms. The van der Waals surface area contributed by atoms with Crippen LogP contribution in [0.2, 0.25) is 0 Å². The molecule has 2 aromatic rings. The predicted octanol–water partition coefficient (Wildman–Crippen LogP) is 3.80. The molecule has 0 amide bonds. The zero-order chi connectivity index (χ0) is 17.6. The third-order valence-corrected chi connectivity index (χ3v) is 3.84. The zero-order valence-corrected chi connectivity index (χ0v) is 14.6. The highest BCUT2D eigenvalue weighted by Gasteiger charge is 2.15. The standard InChI is InChI=1S/C20H26N4/c1-20(2,3)17-9-7-16(8-10-17)18(24-19(21)22)6-4-5-15-11-13-23-14-12-15/h4-5,7-14,18H,6H2,1-3H3,(H4,21,22,24)/b5-4+. The van der Waals surface area contributed by atoms with E-state index in [-0.39, 0.29) is 17.4 Å². The zero-order valence-electron chi connectivity index (χ0n) is 14.6. The lowest BCUT2D eigenvalue weighted by atomic mass is 9.86. The number of hydrogen-bond donors (Lipinski definition) is 2. The second-order valence-corrected chi connectivity index (χ2v) is 6.86. The molecule has 4 heteroatoms. The Labute approximate surface area is 144 Å². The smallest absolute Gasteiger partial charge is 0.186 e. The fraction of sp³-hybridized carbons (Fsp3) is 0.300. The van der Waals surface area contributed by atoms with E-state index in [1.807, 2.05) is 12.1 Å². The van der Waals surface area contributed by atoms with Crippen LogP contribution in [0.5, 0.6) is 0 Å². The number of rotatable bonds is 5. The summed E-state index contributed by atoms with van der Waals surface area (Å²) in [7, 11) is 0. The number of nitrogens with two attached hydrogens (primary N) is 2. The number of guanidine groups is 1. The van der Waals surface area contributed by atoms with E-state index in [0.29, 0.717) is 0 Å². The first-order valence-corrected chi connectivity index (χ1v) is 8.12. The van der Waals surface area contributed by atoms with Crippen molar-refractivity contribution < 1.29 is 0 Å². The lowest BCUT2D eigenvalue weighted by Crippen LogP contribution is -2.23. The van der Waals surface area contributed by atoms with Crippen LogP contribution < -0.4 is 11.5 Å². The number of pyridine rings is 1. The minimum absolute atomic E-state index is 0.0814. The minimum atomic E-state index is -0.0814. The van der Waals surface area contributed by atoms with Gasteiger partial charge >= 0.3 is 0 Å². The van der Waals surface area contributed by atoms with E-state index in [4.69, 9.17) is 11.5 Å². The van der Waals surface area contributed by atoms with Crippen molar-refractivity contribution in [1.82, 2.24) is 4.98 Å². The molecule has 1 unspecified atom stereocenters. The molecule has 24 heavy (non-hydrogen) atoms. The van der Waals surface area contributed by atoms with Gasteiger partial charge in [-0.1, -0.05) is 57.2 Å². The maximum atomic E-state index is 5.61. The highest BCUT2D eigenvalue weighted by molar-refractivity contribution is 5.76. The van der Waals surface area contributed by atoms with Crippen molar-refractivity contribution in [2.24, 2.45) is 16.5 Å². The van der Waals surface area contributed by atoms with Crippen molar-refractivity contribution in [2.45, 2.75) is 38.6 Å². The molecule has 0 saturated heterocycles. The molecule has 0 radical (unpaired) electrons. The van der Waals surface area contributed by atoms with Gasteiger partial charge in [0.2, 0.25) is 0 Å². The average molecular weight is 322 g/mol. The SMILES string of the molecule is CC(C)(C)c1ccc(C(C/C=C/c2ccncc2)N=C(N)N)cc1. The van der Waals surface area contributed by atoms with Crippen LogP contribution in [0.25, 0.3) is 6.08 Å². The summed E-state index contributed by atoms with van der Waals surface area (Å²) in [5, 5.41) is 0. The monoisotopic (exact) mass is 322 g/mol. The fourth-order valence-electron chi connectivity index (χ4n) is 2.46. The third-order valence-electron chi connectivity index (χ3n) is 3.84. The van der Waals surface area contributed by atoms with Gasteiger partial charge < -0.3 is 11.5 Å². The molecule has 0 aliphatic heterocycles.